The first-order valence-corrected chi connectivity index (χ1v) is 5.80. The van der Waals surface area contributed by atoms with Crippen LogP contribution in [0.15, 0.2) is 18.2 Å². The first kappa shape index (κ1) is 10.0. The van der Waals surface area contributed by atoms with Crippen LogP contribution in [0.2, 0.25) is 0 Å². The molecule has 1 aliphatic carbocycles. The van der Waals surface area contributed by atoms with Gasteiger partial charge >= 0.3 is 0 Å². The molecule has 1 fully saturated rings. The van der Waals surface area contributed by atoms with Crippen molar-refractivity contribution in [3.8, 4) is 0 Å². The molecule has 0 aliphatic heterocycles. The van der Waals surface area contributed by atoms with Crippen LogP contribution >= 0.6 is 11.6 Å². The number of alkyl halides is 1. The third kappa shape index (κ3) is 2.30. The van der Waals surface area contributed by atoms with Gasteiger partial charge in [0.1, 0.15) is 0 Å². The average molecular weight is 209 g/mol. The van der Waals surface area contributed by atoms with Crippen molar-refractivity contribution < 1.29 is 0 Å². The van der Waals surface area contributed by atoms with E-state index in [1.54, 1.807) is 0 Å². The molecule has 0 saturated heterocycles. The molecule has 0 amide bonds. The molecular weight excluding hydrogens is 192 g/mol. The maximum Gasteiger partial charge on any atom is 0.0404 e. The Hall–Kier alpha value is -0.490. The molecular formula is C13H17Cl. The van der Waals surface area contributed by atoms with Crippen molar-refractivity contribution in [1.29, 1.82) is 0 Å². The van der Waals surface area contributed by atoms with E-state index in [-0.39, 0.29) is 0 Å². The molecule has 1 aliphatic rings. The van der Waals surface area contributed by atoms with Gasteiger partial charge in [0.15, 0.2) is 0 Å². The molecule has 0 N–H and O–H groups in total. The van der Waals surface area contributed by atoms with Crippen LogP contribution in [-0.2, 0) is 6.42 Å². The van der Waals surface area contributed by atoms with Gasteiger partial charge in [-0.3, -0.25) is 0 Å². The van der Waals surface area contributed by atoms with Crippen molar-refractivity contribution in [2.24, 2.45) is 5.92 Å². The highest BCUT2D eigenvalue weighted by molar-refractivity contribution is 6.21. The Balaban J connectivity index is 2.04. The summed E-state index contributed by atoms with van der Waals surface area (Å²) in [6.45, 7) is 4.32. The van der Waals surface area contributed by atoms with Gasteiger partial charge in [-0.2, -0.15) is 0 Å². The summed E-state index contributed by atoms with van der Waals surface area (Å²) in [5.74, 6) is 0.790. The quantitative estimate of drug-likeness (QED) is 0.662. The molecule has 0 aromatic heterocycles. The van der Waals surface area contributed by atoms with Crippen molar-refractivity contribution in [2.75, 3.05) is 0 Å². The van der Waals surface area contributed by atoms with Crippen LogP contribution in [0.5, 0.6) is 0 Å². The summed E-state index contributed by atoms with van der Waals surface area (Å²) in [5.41, 5.74) is 4.13. The monoisotopic (exact) mass is 208 g/mol. The largest absolute Gasteiger partial charge is 0.122 e. The van der Waals surface area contributed by atoms with E-state index < -0.39 is 0 Å². The Kier molecular flexibility index (Phi) is 2.83. The average Bonchev–Trinajstić information content (AvgIpc) is 2.94. The first-order chi connectivity index (χ1) is 6.66. The second kappa shape index (κ2) is 3.94. The highest BCUT2D eigenvalue weighted by Gasteiger charge is 2.29. The molecule has 0 radical (unpaired) electrons. The molecule has 1 aromatic carbocycles. The molecule has 2 rings (SSSR count). The second-order valence-electron chi connectivity index (χ2n) is 4.48. The molecule has 1 heteroatoms. The third-order valence-corrected chi connectivity index (χ3v) is 3.65. The minimum atomic E-state index is 0.358. The van der Waals surface area contributed by atoms with Gasteiger partial charge in [-0.25, -0.2) is 0 Å². The predicted octanol–water partition coefficient (Wildman–Crippen LogP) is 3.86. The van der Waals surface area contributed by atoms with Crippen LogP contribution in [0.4, 0.5) is 0 Å². The van der Waals surface area contributed by atoms with Crippen molar-refractivity contribution in [1.82, 2.24) is 0 Å². The molecule has 76 valence electrons. The van der Waals surface area contributed by atoms with Crippen LogP contribution in [0.25, 0.3) is 0 Å². The van der Waals surface area contributed by atoms with Crippen LogP contribution < -0.4 is 0 Å². The third-order valence-electron chi connectivity index (χ3n) is 3.14. The van der Waals surface area contributed by atoms with Gasteiger partial charge in [-0.15, -0.1) is 11.6 Å². The summed E-state index contributed by atoms with van der Waals surface area (Å²) < 4.78 is 0. The Morgan fingerprint density at radius 3 is 2.57 bits per heavy atom. The predicted molar refractivity (Wildman–Crippen MR) is 62.0 cm³/mol. The minimum absolute atomic E-state index is 0.358. The molecule has 1 saturated carbocycles. The lowest BCUT2D eigenvalue weighted by molar-refractivity contribution is 0.737. The van der Waals surface area contributed by atoms with Crippen LogP contribution in [0.3, 0.4) is 0 Å². The van der Waals surface area contributed by atoms with Crippen molar-refractivity contribution in [3.63, 3.8) is 0 Å². The van der Waals surface area contributed by atoms with Gasteiger partial charge in [-0.05, 0) is 55.7 Å². The fourth-order valence-corrected chi connectivity index (χ4v) is 2.21. The zero-order chi connectivity index (χ0) is 10.1. The van der Waals surface area contributed by atoms with Gasteiger partial charge in [0.25, 0.3) is 0 Å². The zero-order valence-electron chi connectivity index (χ0n) is 8.89. The number of benzene rings is 1. The summed E-state index contributed by atoms with van der Waals surface area (Å²) in [4.78, 5) is 0. The molecule has 1 unspecified atom stereocenters. The van der Waals surface area contributed by atoms with Gasteiger partial charge < -0.3 is 0 Å². The highest BCUT2D eigenvalue weighted by Crippen LogP contribution is 2.37. The Morgan fingerprint density at radius 2 is 2.00 bits per heavy atom. The molecule has 0 nitrogen and oxygen atoms in total. The first-order valence-electron chi connectivity index (χ1n) is 5.37. The summed E-state index contributed by atoms with van der Waals surface area (Å²) in [6.07, 6.45) is 3.70. The topological polar surface area (TPSA) is 0 Å². The van der Waals surface area contributed by atoms with E-state index in [1.165, 1.54) is 29.5 Å². The van der Waals surface area contributed by atoms with E-state index >= 15 is 0 Å². The highest BCUT2D eigenvalue weighted by atomic mass is 35.5. The van der Waals surface area contributed by atoms with E-state index in [0.29, 0.717) is 5.38 Å². The maximum atomic E-state index is 6.30. The zero-order valence-corrected chi connectivity index (χ0v) is 9.64. The minimum Gasteiger partial charge on any atom is -0.122 e. The van der Waals surface area contributed by atoms with Crippen molar-refractivity contribution in [2.45, 2.75) is 38.5 Å². The lowest BCUT2D eigenvalue weighted by atomic mass is 10.0. The van der Waals surface area contributed by atoms with Crippen LogP contribution in [0.1, 0.15) is 29.5 Å². The lowest BCUT2D eigenvalue weighted by Crippen LogP contribution is -2.05. The smallest absolute Gasteiger partial charge is 0.0404 e. The van der Waals surface area contributed by atoms with E-state index in [9.17, 15) is 0 Å². The van der Waals surface area contributed by atoms with Crippen molar-refractivity contribution >= 4 is 11.6 Å². The lowest BCUT2D eigenvalue weighted by Gasteiger charge is -2.09. The summed E-state index contributed by atoms with van der Waals surface area (Å²) in [5, 5.41) is 0.358. The number of halogens is 1. The second-order valence-corrected chi connectivity index (χ2v) is 5.04. The number of hydrogen-bond acceptors (Lipinski definition) is 0. The van der Waals surface area contributed by atoms with E-state index in [4.69, 9.17) is 11.6 Å². The standard InChI is InChI=1S/C13H17Cl/c1-9-3-4-11(7-10(9)2)8-13(14)12-5-6-12/h3-4,7,12-13H,5-6,8H2,1-2H3. The fourth-order valence-electron chi connectivity index (χ4n) is 1.78. The Morgan fingerprint density at radius 1 is 1.29 bits per heavy atom. The van der Waals surface area contributed by atoms with E-state index in [2.05, 4.69) is 32.0 Å². The Labute approximate surface area is 91.3 Å². The number of hydrogen-bond donors (Lipinski definition) is 0. The van der Waals surface area contributed by atoms with E-state index in [1.807, 2.05) is 0 Å². The molecule has 14 heavy (non-hydrogen) atoms. The fraction of sp³-hybridized carbons (Fsp3) is 0.538. The summed E-state index contributed by atoms with van der Waals surface area (Å²) in [7, 11) is 0. The van der Waals surface area contributed by atoms with Crippen LogP contribution in [0, 0.1) is 19.8 Å². The van der Waals surface area contributed by atoms with Crippen LogP contribution in [-0.4, -0.2) is 5.38 Å². The summed E-state index contributed by atoms with van der Waals surface area (Å²) >= 11 is 6.30. The molecule has 1 aromatic rings. The number of aryl methyl sites for hydroxylation is 2. The molecule has 0 bridgehead atoms. The normalized spacial score (nSPS) is 18.2. The van der Waals surface area contributed by atoms with Crippen molar-refractivity contribution in [3.05, 3.63) is 34.9 Å². The maximum absolute atomic E-state index is 6.30. The SMILES string of the molecule is Cc1ccc(CC(Cl)C2CC2)cc1C. The molecule has 1 atom stereocenters. The Bertz CT molecular complexity index is 326. The molecule has 0 heterocycles. The van der Waals surface area contributed by atoms with Gasteiger partial charge in [-0.1, -0.05) is 18.2 Å². The van der Waals surface area contributed by atoms with Gasteiger partial charge in [0, 0.05) is 5.38 Å². The number of rotatable bonds is 3. The van der Waals surface area contributed by atoms with Gasteiger partial charge in [0.05, 0.1) is 0 Å². The van der Waals surface area contributed by atoms with Gasteiger partial charge in [0.2, 0.25) is 0 Å². The molecule has 0 spiro atoms. The van der Waals surface area contributed by atoms with E-state index in [0.717, 1.165) is 12.3 Å². The summed E-state index contributed by atoms with van der Waals surface area (Å²) in [6, 6.07) is 6.67.